The van der Waals surface area contributed by atoms with Gasteiger partial charge < -0.3 is 10.0 Å². The fourth-order valence-electron chi connectivity index (χ4n) is 1.59. The van der Waals surface area contributed by atoms with Gasteiger partial charge in [-0.2, -0.15) is 0 Å². The van der Waals surface area contributed by atoms with E-state index in [4.69, 9.17) is 11.6 Å². The van der Waals surface area contributed by atoms with Crippen molar-refractivity contribution in [3.05, 3.63) is 59.3 Å². The predicted molar refractivity (Wildman–Crippen MR) is 66.9 cm³/mol. The molecular weight excluding hydrogens is 222 g/mol. The molecule has 1 N–H and O–H groups in total. The SMILES string of the molecule is C=C1C(Cl)=CC=C(c2ccc(O)cc2)N1C. The molecule has 1 aromatic carbocycles. The van der Waals surface area contributed by atoms with Crippen molar-refractivity contribution in [2.24, 2.45) is 0 Å². The number of phenolic OH excluding ortho intramolecular Hbond substituents is 1. The van der Waals surface area contributed by atoms with Crippen LogP contribution in [-0.4, -0.2) is 17.1 Å². The summed E-state index contributed by atoms with van der Waals surface area (Å²) < 4.78 is 0. The van der Waals surface area contributed by atoms with E-state index in [2.05, 4.69) is 6.58 Å². The van der Waals surface area contributed by atoms with Crippen LogP contribution in [0.5, 0.6) is 5.75 Å². The van der Waals surface area contributed by atoms with Gasteiger partial charge in [-0.3, -0.25) is 0 Å². The summed E-state index contributed by atoms with van der Waals surface area (Å²) in [6.07, 6.45) is 3.76. The normalized spacial score (nSPS) is 15.9. The molecule has 0 aromatic heterocycles. The predicted octanol–water partition coefficient (Wildman–Crippen LogP) is 3.31. The van der Waals surface area contributed by atoms with Gasteiger partial charge in [-0.05, 0) is 42.0 Å². The number of hydrogen-bond acceptors (Lipinski definition) is 2. The first kappa shape index (κ1) is 10.8. The fourth-order valence-corrected chi connectivity index (χ4v) is 1.78. The molecular formula is C13H12ClNO. The van der Waals surface area contributed by atoms with Gasteiger partial charge in [0.15, 0.2) is 0 Å². The van der Waals surface area contributed by atoms with Gasteiger partial charge in [-0.15, -0.1) is 0 Å². The molecule has 0 atom stereocenters. The number of phenols is 1. The number of benzene rings is 1. The molecule has 0 saturated carbocycles. The summed E-state index contributed by atoms with van der Waals surface area (Å²) in [5.41, 5.74) is 2.79. The number of rotatable bonds is 1. The first-order valence-electron chi connectivity index (χ1n) is 4.89. The molecule has 0 unspecified atom stereocenters. The van der Waals surface area contributed by atoms with Crippen LogP contribution in [0.2, 0.25) is 0 Å². The van der Waals surface area contributed by atoms with Gasteiger partial charge in [0.25, 0.3) is 0 Å². The fraction of sp³-hybridized carbons (Fsp3) is 0.0769. The number of allylic oxidation sites excluding steroid dienone is 3. The number of nitrogens with zero attached hydrogens (tertiary/aromatic N) is 1. The van der Waals surface area contributed by atoms with Crippen molar-refractivity contribution >= 4 is 17.3 Å². The summed E-state index contributed by atoms with van der Waals surface area (Å²) in [5, 5.41) is 9.87. The lowest BCUT2D eigenvalue weighted by molar-refractivity contribution is 0.475. The Labute approximate surface area is 99.8 Å². The molecule has 0 spiro atoms. The number of aromatic hydroxyl groups is 1. The second-order valence-electron chi connectivity index (χ2n) is 3.62. The van der Waals surface area contributed by atoms with Crippen molar-refractivity contribution in [2.45, 2.75) is 0 Å². The first-order chi connectivity index (χ1) is 7.59. The minimum atomic E-state index is 0.259. The van der Waals surface area contributed by atoms with Gasteiger partial charge >= 0.3 is 0 Å². The Morgan fingerprint density at radius 3 is 2.44 bits per heavy atom. The van der Waals surface area contributed by atoms with E-state index in [1.807, 2.05) is 36.2 Å². The summed E-state index contributed by atoms with van der Waals surface area (Å²) in [7, 11) is 1.91. The van der Waals surface area contributed by atoms with Crippen LogP contribution in [0.3, 0.4) is 0 Å². The molecule has 3 heteroatoms. The van der Waals surface area contributed by atoms with Gasteiger partial charge in [0.05, 0.1) is 10.7 Å². The van der Waals surface area contributed by atoms with Crippen LogP contribution in [-0.2, 0) is 0 Å². The van der Waals surface area contributed by atoms with Crippen molar-refractivity contribution in [3.8, 4) is 5.75 Å². The highest BCUT2D eigenvalue weighted by Gasteiger charge is 2.15. The van der Waals surface area contributed by atoms with E-state index >= 15 is 0 Å². The summed E-state index contributed by atoms with van der Waals surface area (Å²) in [6, 6.07) is 7.04. The highest BCUT2D eigenvalue weighted by atomic mass is 35.5. The zero-order valence-corrected chi connectivity index (χ0v) is 9.70. The van der Waals surface area contributed by atoms with Crippen LogP contribution in [0.1, 0.15) is 5.56 Å². The lowest BCUT2D eigenvalue weighted by Crippen LogP contribution is -2.18. The van der Waals surface area contributed by atoms with Gasteiger partial charge in [0.1, 0.15) is 5.75 Å². The minimum absolute atomic E-state index is 0.259. The van der Waals surface area contributed by atoms with Gasteiger partial charge in [-0.1, -0.05) is 18.2 Å². The van der Waals surface area contributed by atoms with E-state index in [9.17, 15) is 5.11 Å². The zero-order chi connectivity index (χ0) is 11.7. The Balaban J connectivity index is 2.42. The summed E-state index contributed by atoms with van der Waals surface area (Å²) in [6.45, 7) is 3.90. The monoisotopic (exact) mass is 233 g/mol. The van der Waals surface area contributed by atoms with Gasteiger partial charge in [0.2, 0.25) is 0 Å². The topological polar surface area (TPSA) is 23.5 Å². The highest BCUT2D eigenvalue weighted by molar-refractivity contribution is 6.32. The molecule has 0 saturated heterocycles. The van der Waals surface area contributed by atoms with E-state index in [-0.39, 0.29) is 5.75 Å². The van der Waals surface area contributed by atoms with E-state index in [0.29, 0.717) is 5.03 Å². The molecule has 0 bridgehead atoms. The van der Waals surface area contributed by atoms with E-state index < -0.39 is 0 Å². The summed E-state index contributed by atoms with van der Waals surface area (Å²) in [4.78, 5) is 1.93. The standard InChI is InChI=1S/C13H12ClNO/c1-9-12(14)7-8-13(15(9)2)10-3-5-11(16)6-4-10/h3-8,16H,1H2,2H3. The maximum absolute atomic E-state index is 9.23. The Hall–Kier alpha value is -1.67. The maximum Gasteiger partial charge on any atom is 0.115 e. The number of halogens is 1. The minimum Gasteiger partial charge on any atom is -0.508 e. The van der Waals surface area contributed by atoms with Crippen LogP contribution in [0.15, 0.2) is 53.7 Å². The zero-order valence-electron chi connectivity index (χ0n) is 8.94. The van der Waals surface area contributed by atoms with Crippen LogP contribution < -0.4 is 0 Å². The van der Waals surface area contributed by atoms with E-state index in [1.54, 1.807) is 12.1 Å². The molecule has 1 aliphatic heterocycles. The molecule has 2 rings (SSSR count). The van der Waals surface area contributed by atoms with Crippen LogP contribution >= 0.6 is 11.6 Å². The third kappa shape index (κ3) is 1.84. The molecule has 1 aliphatic rings. The van der Waals surface area contributed by atoms with E-state index in [0.717, 1.165) is 17.0 Å². The van der Waals surface area contributed by atoms with Gasteiger partial charge in [0, 0.05) is 12.7 Å². The number of hydrogen-bond donors (Lipinski definition) is 1. The largest absolute Gasteiger partial charge is 0.508 e. The maximum atomic E-state index is 9.23. The van der Waals surface area contributed by atoms with Crippen LogP contribution in [0.4, 0.5) is 0 Å². The number of likely N-dealkylation sites (N-methyl/N-ethyl adjacent to an activating group) is 1. The highest BCUT2D eigenvalue weighted by Crippen LogP contribution is 2.31. The quantitative estimate of drug-likeness (QED) is 0.805. The Kier molecular flexibility index (Phi) is 2.75. The van der Waals surface area contributed by atoms with Crippen molar-refractivity contribution in [2.75, 3.05) is 7.05 Å². The average Bonchev–Trinajstić information content (AvgIpc) is 2.28. The molecule has 0 aliphatic carbocycles. The second-order valence-corrected chi connectivity index (χ2v) is 4.03. The molecule has 0 radical (unpaired) electrons. The molecule has 0 amide bonds. The van der Waals surface area contributed by atoms with Crippen molar-refractivity contribution in [1.82, 2.24) is 4.90 Å². The Bertz CT molecular complexity index is 485. The third-order valence-corrected chi connectivity index (χ3v) is 2.94. The average molecular weight is 234 g/mol. The summed E-state index contributed by atoms with van der Waals surface area (Å²) in [5.74, 6) is 0.259. The molecule has 16 heavy (non-hydrogen) atoms. The van der Waals surface area contributed by atoms with Crippen molar-refractivity contribution in [3.63, 3.8) is 0 Å². The lowest BCUT2D eigenvalue weighted by atomic mass is 10.1. The molecule has 82 valence electrons. The molecule has 2 nitrogen and oxygen atoms in total. The summed E-state index contributed by atoms with van der Waals surface area (Å²) >= 11 is 5.98. The Morgan fingerprint density at radius 2 is 1.81 bits per heavy atom. The van der Waals surface area contributed by atoms with Crippen molar-refractivity contribution in [1.29, 1.82) is 0 Å². The van der Waals surface area contributed by atoms with E-state index in [1.165, 1.54) is 0 Å². The third-order valence-electron chi connectivity index (χ3n) is 2.59. The van der Waals surface area contributed by atoms with Crippen LogP contribution in [0.25, 0.3) is 5.70 Å². The van der Waals surface area contributed by atoms with Gasteiger partial charge in [-0.25, -0.2) is 0 Å². The molecule has 1 aromatic rings. The molecule has 0 fully saturated rings. The lowest BCUT2D eigenvalue weighted by Gasteiger charge is -2.27. The smallest absolute Gasteiger partial charge is 0.115 e. The van der Waals surface area contributed by atoms with Crippen LogP contribution in [0, 0.1) is 0 Å². The first-order valence-corrected chi connectivity index (χ1v) is 5.27. The second kappa shape index (κ2) is 4.06. The molecule has 1 heterocycles. The Morgan fingerprint density at radius 1 is 1.19 bits per heavy atom. The van der Waals surface area contributed by atoms with Crippen molar-refractivity contribution < 1.29 is 5.11 Å².